The van der Waals surface area contributed by atoms with Crippen molar-refractivity contribution < 1.29 is 38.6 Å². The molecule has 2 aromatic rings. The van der Waals surface area contributed by atoms with Gasteiger partial charge in [-0.1, -0.05) is 0 Å². The Balaban J connectivity index is 1.72. The van der Waals surface area contributed by atoms with E-state index in [9.17, 15) is 10.2 Å². The third-order valence-corrected chi connectivity index (χ3v) is 3.51. The molecular weight excluding hydrogens is 356 g/mol. The second kappa shape index (κ2) is 10.2. The van der Waals surface area contributed by atoms with Gasteiger partial charge in [-0.2, -0.15) is 0 Å². The first-order valence-corrected chi connectivity index (χ1v) is 8.23. The Morgan fingerprint density at radius 2 is 1.11 bits per heavy atom. The molecule has 0 aromatic heterocycles. The molecule has 2 rings (SSSR count). The maximum Gasteiger partial charge on any atom is 0.203 e. The van der Waals surface area contributed by atoms with Crippen LogP contribution in [0.3, 0.4) is 0 Å². The molecule has 0 aliphatic heterocycles. The summed E-state index contributed by atoms with van der Waals surface area (Å²) in [6, 6.07) is 7.46. The van der Waals surface area contributed by atoms with Gasteiger partial charge in [-0.3, -0.25) is 0 Å². The van der Waals surface area contributed by atoms with Gasteiger partial charge in [0.2, 0.25) is 5.75 Å². The Morgan fingerprint density at radius 1 is 0.630 bits per heavy atom. The summed E-state index contributed by atoms with van der Waals surface area (Å²) in [5.74, 6) is 2.32. The summed E-state index contributed by atoms with van der Waals surface area (Å²) in [5, 5.41) is 18.7. The summed E-state index contributed by atoms with van der Waals surface area (Å²) in [7, 11) is 4.61. The van der Waals surface area contributed by atoms with Crippen LogP contribution in [-0.2, 0) is 4.74 Å². The standard InChI is InChI=1S/C19H24O8/c1-22-17-11-16(12-18(23-2)19(17)24-3)27-7-5-25-4-6-26-15-9-13(20)8-14(21)10-15/h8-12,20-21H,4-7H2,1-3H3. The van der Waals surface area contributed by atoms with Crippen LogP contribution >= 0.6 is 0 Å². The minimum Gasteiger partial charge on any atom is -0.508 e. The first-order chi connectivity index (χ1) is 13.1. The van der Waals surface area contributed by atoms with E-state index in [2.05, 4.69) is 0 Å². The van der Waals surface area contributed by atoms with Crippen LogP contribution in [0.2, 0.25) is 0 Å². The first-order valence-electron chi connectivity index (χ1n) is 8.23. The van der Waals surface area contributed by atoms with Gasteiger partial charge in [0.15, 0.2) is 11.5 Å². The average Bonchev–Trinajstić information content (AvgIpc) is 2.65. The molecule has 0 aliphatic carbocycles. The topological polar surface area (TPSA) is 95.8 Å². The fraction of sp³-hybridized carbons (Fsp3) is 0.368. The van der Waals surface area contributed by atoms with Crippen LogP contribution in [0.15, 0.2) is 30.3 Å². The van der Waals surface area contributed by atoms with Gasteiger partial charge < -0.3 is 38.6 Å². The van der Waals surface area contributed by atoms with E-state index < -0.39 is 0 Å². The van der Waals surface area contributed by atoms with Crippen molar-refractivity contribution >= 4 is 0 Å². The van der Waals surface area contributed by atoms with Crippen molar-refractivity contribution in [1.82, 2.24) is 0 Å². The number of hydrogen-bond acceptors (Lipinski definition) is 8. The molecule has 27 heavy (non-hydrogen) atoms. The van der Waals surface area contributed by atoms with Gasteiger partial charge in [-0.25, -0.2) is 0 Å². The minimum atomic E-state index is -0.0651. The minimum absolute atomic E-state index is 0.0651. The van der Waals surface area contributed by atoms with Crippen LogP contribution in [0.4, 0.5) is 0 Å². The summed E-state index contributed by atoms with van der Waals surface area (Å²) in [4.78, 5) is 0. The van der Waals surface area contributed by atoms with Gasteiger partial charge in [-0.05, 0) is 0 Å². The lowest BCUT2D eigenvalue weighted by atomic mass is 10.2. The van der Waals surface area contributed by atoms with Crippen molar-refractivity contribution in [2.45, 2.75) is 0 Å². The highest BCUT2D eigenvalue weighted by Gasteiger charge is 2.13. The molecule has 2 N–H and O–H groups in total. The molecule has 0 bridgehead atoms. The third kappa shape index (κ3) is 6.03. The van der Waals surface area contributed by atoms with Gasteiger partial charge >= 0.3 is 0 Å². The molecule has 8 nitrogen and oxygen atoms in total. The molecule has 148 valence electrons. The van der Waals surface area contributed by atoms with Crippen LogP contribution in [0, 0.1) is 0 Å². The monoisotopic (exact) mass is 380 g/mol. The van der Waals surface area contributed by atoms with Gasteiger partial charge in [0.05, 0.1) is 34.5 Å². The van der Waals surface area contributed by atoms with E-state index in [0.717, 1.165) is 0 Å². The van der Waals surface area contributed by atoms with E-state index in [0.29, 0.717) is 48.6 Å². The fourth-order valence-electron chi connectivity index (χ4n) is 2.33. The zero-order valence-electron chi connectivity index (χ0n) is 15.6. The molecule has 8 heteroatoms. The van der Waals surface area contributed by atoms with E-state index >= 15 is 0 Å². The number of rotatable bonds is 11. The molecular formula is C19H24O8. The Hall–Kier alpha value is -3.00. The lowest BCUT2D eigenvalue weighted by Gasteiger charge is -2.14. The molecule has 0 fully saturated rings. The quantitative estimate of drug-likeness (QED) is 0.575. The third-order valence-electron chi connectivity index (χ3n) is 3.51. The molecule has 0 saturated heterocycles. The fourth-order valence-corrected chi connectivity index (χ4v) is 2.33. The average molecular weight is 380 g/mol. The molecule has 0 unspecified atom stereocenters. The Kier molecular flexibility index (Phi) is 7.69. The van der Waals surface area contributed by atoms with Gasteiger partial charge in [0.1, 0.15) is 36.2 Å². The molecule has 0 saturated carbocycles. The van der Waals surface area contributed by atoms with Crippen molar-refractivity contribution in [3.8, 4) is 40.2 Å². The maximum absolute atomic E-state index is 9.37. The Morgan fingerprint density at radius 3 is 1.56 bits per heavy atom. The maximum atomic E-state index is 9.37. The van der Waals surface area contributed by atoms with Crippen molar-refractivity contribution in [3.63, 3.8) is 0 Å². The number of aromatic hydroxyl groups is 2. The number of benzene rings is 2. The summed E-state index contributed by atoms with van der Waals surface area (Å²) < 4.78 is 32.3. The Bertz CT molecular complexity index is 686. The number of hydrogen-bond donors (Lipinski definition) is 2. The molecule has 0 aliphatic rings. The van der Waals surface area contributed by atoms with Crippen LogP contribution in [0.1, 0.15) is 0 Å². The van der Waals surface area contributed by atoms with E-state index in [4.69, 9.17) is 28.4 Å². The second-order valence-electron chi connectivity index (χ2n) is 5.36. The van der Waals surface area contributed by atoms with Gasteiger partial charge in [-0.15, -0.1) is 0 Å². The summed E-state index contributed by atoms with van der Waals surface area (Å²) in [5.41, 5.74) is 0. The van der Waals surface area contributed by atoms with E-state index in [1.54, 1.807) is 12.1 Å². The SMILES string of the molecule is COc1cc(OCCOCCOc2cc(O)cc(O)c2)cc(OC)c1OC. The molecule has 0 radical (unpaired) electrons. The van der Waals surface area contributed by atoms with Crippen molar-refractivity contribution in [1.29, 1.82) is 0 Å². The predicted molar refractivity (Wildman–Crippen MR) is 97.7 cm³/mol. The van der Waals surface area contributed by atoms with Crippen LogP contribution in [0.5, 0.6) is 40.2 Å². The highest BCUT2D eigenvalue weighted by molar-refractivity contribution is 5.55. The molecule has 2 aromatic carbocycles. The van der Waals surface area contributed by atoms with Crippen molar-refractivity contribution in [2.24, 2.45) is 0 Å². The van der Waals surface area contributed by atoms with Crippen LogP contribution < -0.4 is 23.7 Å². The van der Waals surface area contributed by atoms with Gasteiger partial charge in [0, 0.05) is 30.3 Å². The highest BCUT2D eigenvalue weighted by Crippen LogP contribution is 2.40. The van der Waals surface area contributed by atoms with Crippen molar-refractivity contribution in [2.75, 3.05) is 47.8 Å². The first kappa shape index (κ1) is 20.3. The summed E-state index contributed by atoms with van der Waals surface area (Å²) in [6.45, 7) is 1.28. The normalized spacial score (nSPS) is 10.3. The van der Waals surface area contributed by atoms with Crippen LogP contribution in [-0.4, -0.2) is 58.0 Å². The Labute approximate surface area is 157 Å². The summed E-state index contributed by atoms with van der Waals surface area (Å²) in [6.07, 6.45) is 0. The number of phenolic OH excluding ortho intramolecular Hbond substituents is 2. The molecule has 0 amide bonds. The molecule has 0 atom stereocenters. The van der Waals surface area contributed by atoms with E-state index in [1.165, 1.54) is 39.5 Å². The van der Waals surface area contributed by atoms with Crippen molar-refractivity contribution in [3.05, 3.63) is 30.3 Å². The largest absolute Gasteiger partial charge is 0.508 e. The number of ether oxygens (including phenoxy) is 6. The van der Waals surface area contributed by atoms with E-state index in [1.807, 2.05) is 0 Å². The lowest BCUT2D eigenvalue weighted by molar-refractivity contribution is 0.0762. The lowest BCUT2D eigenvalue weighted by Crippen LogP contribution is -2.12. The smallest absolute Gasteiger partial charge is 0.203 e. The van der Waals surface area contributed by atoms with E-state index in [-0.39, 0.29) is 18.1 Å². The summed E-state index contributed by atoms with van der Waals surface area (Å²) >= 11 is 0. The zero-order valence-corrected chi connectivity index (χ0v) is 15.6. The number of phenols is 2. The molecule has 0 spiro atoms. The second-order valence-corrected chi connectivity index (χ2v) is 5.36. The predicted octanol–water partition coefficient (Wildman–Crippen LogP) is 2.60. The van der Waals surface area contributed by atoms with Gasteiger partial charge in [0.25, 0.3) is 0 Å². The zero-order chi connectivity index (χ0) is 19.6. The highest BCUT2D eigenvalue weighted by atomic mass is 16.6. The molecule has 0 heterocycles. The number of methoxy groups -OCH3 is 3. The van der Waals surface area contributed by atoms with Crippen LogP contribution in [0.25, 0.3) is 0 Å².